The molecule has 10 heavy (non-hydrogen) atoms. The van der Waals surface area contributed by atoms with Crippen LogP contribution in [0.2, 0.25) is 0 Å². The Balaban J connectivity index is 2.63. The average Bonchev–Trinajstić information content (AvgIpc) is 1.89. The van der Waals surface area contributed by atoms with Crippen LogP contribution in [-0.2, 0) is 0 Å². The van der Waals surface area contributed by atoms with Crippen LogP contribution in [0.3, 0.4) is 0 Å². The van der Waals surface area contributed by atoms with Gasteiger partial charge >= 0.3 is 0 Å². The van der Waals surface area contributed by atoms with E-state index in [1.807, 2.05) is 6.07 Å². The molecule has 0 spiro atoms. The molecule has 0 aromatic rings. The lowest BCUT2D eigenvalue weighted by Crippen LogP contribution is -2.40. The molecular formula is C7H8N2O. The number of hydrogen-bond donors (Lipinski definition) is 2. The molecule has 0 saturated heterocycles. The van der Waals surface area contributed by atoms with Crippen molar-refractivity contribution in [1.29, 1.82) is 5.26 Å². The SMILES string of the molecule is N#CCC1(O)C=CC=CN1. The first-order chi connectivity index (χ1) is 4.77. The molecule has 0 aromatic carbocycles. The highest BCUT2D eigenvalue weighted by atomic mass is 16.3. The average molecular weight is 136 g/mol. The molecule has 1 aliphatic rings. The predicted octanol–water partition coefficient (Wildman–Crippen LogP) is 0.262. The van der Waals surface area contributed by atoms with Gasteiger partial charge in [0.15, 0.2) is 5.72 Å². The van der Waals surface area contributed by atoms with Gasteiger partial charge in [-0.3, -0.25) is 0 Å². The third-order valence-corrected chi connectivity index (χ3v) is 1.26. The van der Waals surface area contributed by atoms with Crippen molar-refractivity contribution in [1.82, 2.24) is 5.32 Å². The van der Waals surface area contributed by atoms with Crippen LogP contribution in [0, 0.1) is 11.3 Å². The minimum Gasteiger partial charge on any atom is -0.366 e. The molecule has 0 amide bonds. The van der Waals surface area contributed by atoms with Gasteiger partial charge in [-0.25, -0.2) is 0 Å². The second-order valence-corrected chi connectivity index (χ2v) is 2.12. The van der Waals surface area contributed by atoms with Gasteiger partial charge in [-0.05, 0) is 18.4 Å². The first-order valence-corrected chi connectivity index (χ1v) is 2.98. The van der Waals surface area contributed by atoms with Gasteiger partial charge in [-0.2, -0.15) is 5.26 Å². The second kappa shape index (κ2) is 2.54. The van der Waals surface area contributed by atoms with Crippen LogP contribution in [-0.4, -0.2) is 10.8 Å². The Hall–Kier alpha value is -1.27. The molecule has 0 radical (unpaired) electrons. The highest BCUT2D eigenvalue weighted by Crippen LogP contribution is 2.10. The molecule has 1 heterocycles. The second-order valence-electron chi connectivity index (χ2n) is 2.12. The molecule has 0 aliphatic carbocycles. The fourth-order valence-electron chi connectivity index (χ4n) is 0.741. The van der Waals surface area contributed by atoms with Crippen LogP contribution in [0.5, 0.6) is 0 Å². The largest absolute Gasteiger partial charge is 0.366 e. The Labute approximate surface area is 59.3 Å². The maximum absolute atomic E-state index is 9.40. The van der Waals surface area contributed by atoms with E-state index in [4.69, 9.17) is 5.26 Å². The molecule has 3 nitrogen and oxygen atoms in total. The summed E-state index contributed by atoms with van der Waals surface area (Å²) in [6.45, 7) is 0. The molecule has 52 valence electrons. The van der Waals surface area contributed by atoms with Gasteiger partial charge in [0.1, 0.15) is 0 Å². The van der Waals surface area contributed by atoms with Crippen LogP contribution >= 0.6 is 0 Å². The molecule has 1 aliphatic heterocycles. The molecule has 0 fully saturated rings. The van der Waals surface area contributed by atoms with Crippen molar-refractivity contribution in [3.63, 3.8) is 0 Å². The zero-order chi connectivity index (χ0) is 7.45. The summed E-state index contributed by atoms with van der Waals surface area (Å²) in [6.07, 6.45) is 6.68. The van der Waals surface area contributed by atoms with Crippen LogP contribution in [0.25, 0.3) is 0 Å². The van der Waals surface area contributed by atoms with Gasteiger partial charge in [0, 0.05) is 0 Å². The fraction of sp³-hybridized carbons (Fsp3) is 0.286. The Morgan fingerprint density at radius 1 is 1.60 bits per heavy atom. The van der Waals surface area contributed by atoms with Crippen molar-refractivity contribution in [2.24, 2.45) is 0 Å². The lowest BCUT2D eigenvalue weighted by molar-refractivity contribution is 0.0728. The zero-order valence-corrected chi connectivity index (χ0v) is 5.41. The van der Waals surface area contributed by atoms with Crippen LogP contribution in [0.1, 0.15) is 6.42 Å². The van der Waals surface area contributed by atoms with E-state index < -0.39 is 5.72 Å². The Morgan fingerprint density at radius 2 is 2.40 bits per heavy atom. The summed E-state index contributed by atoms with van der Waals surface area (Å²) in [4.78, 5) is 0. The van der Waals surface area contributed by atoms with E-state index in [0.717, 1.165) is 0 Å². The lowest BCUT2D eigenvalue weighted by atomic mass is 10.1. The predicted molar refractivity (Wildman–Crippen MR) is 36.6 cm³/mol. The standard InChI is InChI=1S/C7H8N2O/c8-5-4-7(10)3-1-2-6-9-7/h1-3,6,9-10H,4H2. The van der Waals surface area contributed by atoms with Crippen molar-refractivity contribution in [3.05, 3.63) is 24.4 Å². The van der Waals surface area contributed by atoms with Crippen LogP contribution in [0.15, 0.2) is 24.4 Å². The minimum absolute atomic E-state index is 0.0633. The summed E-state index contributed by atoms with van der Waals surface area (Å²) in [6, 6.07) is 1.88. The van der Waals surface area contributed by atoms with E-state index in [-0.39, 0.29) is 6.42 Å². The van der Waals surface area contributed by atoms with E-state index >= 15 is 0 Å². The van der Waals surface area contributed by atoms with Gasteiger partial charge < -0.3 is 10.4 Å². The first-order valence-electron chi connectivity index (χ1n) is 2.98. The van der Waals surface area contributed by atoms with E-state index in [1.54, 1.807) is 24.4 Å². The lowest BCUT2D eigenvalue weighted by Gasteiger charge is -2.23. The van der Waals surface area contributed by atoms with E-state index in [1.165, 1.54) is 0 Å². The van der Waals surface area contributed by atoms with Crippen LogP contribution < -0.4 is 5.32 Å². The first kappa shape index (κ1) is 6.84. The van der Waals surface area contributed by atoms with E-state index in [2.05, 4.69) is 5.32 Å². The number of rotatable bonds is 1. The maximum Gasteiger partial charge on any atom is 0.167 e. The highest BCUT2D eigenvalue weighted by molar-refractivity contribution is 5.16. The van der Waals surface area contributed by atoms with Gasteiger partial charge in [0.25, 0.3) is 0 Å². The summed E-state index contributed by atoms with van der Waals surface area (Å²) in [5, 5.41) is 20.3. The topological polar surface area (TPSA) is 56.0 Å². The molecule has 3 heteroatoms. The monoisotopic (exact) mass is 136 g/mol. The number of nitriles is 1. The third kappa shape index (κ3) is 1.36. The molecule has 1 atom stereocenters. The summed E-state index contributed by atoms with van der Waals surface area (Å²) >= 11 is 0. The van der Waals surface area contributed by atoms with Gasteiger partial charge in [0.2, 0.25) is 0 Å². The normalized spacial score (nSPS) is 29.2. The summed E-state index contributed by atoms with van der Waals surface area (Å²) in [5.74, 6) is 0. The number of nitrogens with one attached hydrogen (secondary N) is 1. The van der Waals surface area contributed by atoms with E-state index in [9.17, 15) is 5.11 Å². The molecule has 0 bridgehead atoms. The van der Waals surface area contributed by atoms with E-state index in [0.29, 0.717) is 0 Å². The van der Waals surface area contributed by atoms with Crippen molar-refractivity contribution in [3.8, 4) is 6.07 Å². The van der Waals surface area contributed by atoms with Crippen molar-refractivity contribution < 1.29 is 5.11 Å². The number of aliphatic hydroxyl groups is 1. The highest BCUT2D eigenvalue weighted by Gasteiger charge is 2.21. The Bertz CT molecular complexity index is 214. The van der Waals surface area contributed by atoms with Gasteiger partial charge in [0.05, 0.1) is 12.5 Å². The molecular weight excluding hydrogens is 128 g/mol. The molecule has 0 saturated carbocycles. The van der Waals surface area contributed by atoms with Crippen molar-refractivity contribution in [2.75, 3.05) is 0 Å². The van der Waals surface area contributed by atoms with Crippen molar-refractivity contribution in [2.45, 2.75) is 12.1 Å². The number of allylic oxidation sites excluding steroid dienone is 2. The summed E-state index contributed by atoms with van der Waals surface area (Å²) < 4.78 is 0. The zero-order valence-electron chi connectivity index (χ0n) is 5.41. The van der Waals surface area contributed by atoms with Gasteiger partial charge in [-0.15, -0.1) is 0 Å². The third-order valence-electron chi connectivity index (χ3n) is 1.26. The maximum atomic E-state index is 9.40. The minimum atomic E-state index is -1.15. The number of hydrogen-bond acceptors (Lipinski definition) is 3. The number of dihydropyridines is 1. The molecule has 1 rings (SSSR count). The number of nitrogens with zero attached hydrogens (tertiary/aromatic N) is 1. The van der Waals surface area contributed by atoms with Gasteiger partial charge in [-0.1, -0.05) is 6.08 Å². The Morgan fingerprint density at radius 3 is 2.90 bits per heavy atom. The molecule has 0 aromatic heterocycles. The fourth-order valence-corrected chi connectivity index (χ4v) is 0.741. The quantitative estimate of drug-likeness (QED) is 0.543. The smallest absolute Gasteiger partial charge is 0.167 e. The van der Waals surface area contributed by atoms with Crippen molar-refractivity contribution >= 4 is 0 Å². The summed E-state index contributed by atoms with van der Waals surface area (Å²) in [5.41, 5.74) is -1.15. The Kier molecular flexibility index (Phi) is 1.74. The summed E-state index contributed by atoms with van der Waals surface area (Å²) in [7, 11) is 0. The molecule has 1 unspecified atom stereocenters. The van der Waals surface area contributed by atoms with Crippen LogP contribution in [0.4, 0.5) is 0 Å². The molecule has 2 N–H and O–H groups in total.